The highest BCUT2D eigenvalue weighted by atomic mass is 15.0. The second-order valence-electron chi connectivity index (χ2n) is 5.13. The molecule has 3 rings (SSSR count). The van der Waals surface area contributed by atoms with Gasteiger partial charge < -0.3 is 10.3 Å². The van der Waals surface area contributed by atoms with Crippen LogP contribution in [0.5, 0.6) is 0 Å². The fraction of sp³-hybridized carbons (Fsp3) is 0.500. The largest absolute Gasteiger partial charge is 0.342 e. The number of hydrogen-bond acceptors (Lipinski definition) is 2. The van der Waals surface area contributed by atoms with Crippen LogP contribution in [0.15, 0.2) is 12.1 Å². The summed E-state index contributed by atoms with van der Waals surface area (Å²) in [6, 6.07) is 4.98. The zero-order valence-corrected chi connectivity index (χ0v) is 10.5. The predicted octanol–water partition coefficient (Wildman–Crippen LogP) is 2.47. The van der Waals surface area contributed by atoms with Crippen LogP contribution in [0, 0.1) is 13.8 Å². The quantitative estimate of drug-likeness (QED) is 0.830. The van der Waals surface area contributed by atoms with Gasteiger partial charge in [-0.15, -0.1) is 0 Å². The molecule has 1 aliphatic rings. The summed E-state index contributed by atoms with van der Waals surface area (Å²) in [4.78, 5) is 8.12. The molecule has 2 heterocycles. The van der Waals surface area contributed by atoms with E-state index < -0.39 is 0 Å². The van der Waals surface area contributed by atoms with Crippen LogP contribution < -0.4 is 5.32 Å². The monoisotopic (exact) mass is 229 g/mol. The molecular weight excluding hydrogens is 210 g/mol. The van der Waals surface area contributed by atoms with Crippen molar-refractivity contribution in [3.8, 4) is 0 Å². The fourth-order valence-corrected chi connectivity index (χ4v) is 2.58. The highest BCUT2D eigenvalue weighted by molar-refractivity contribution is 5.77. The molecule has 1 unspecified atom stereocenters. The maximum atomic E-state index is 4.68. The number of benzene rings is 1. The highest BCUT2D eigenvalue weighted by Gasteiger charge is 2.16. The summed E-state index contributed by atoms with van der Waals surface area (Å²) in [5, 5.41) is 3.51. The van der Waals surface area contributed by atoms with Gasteiger partial charge in [-0.3, -0.25) is 0 Å². The van der Waals surface area contributed by atoms with Crippen molar-refractivity contribution in [2.45, 2.75) is 39.2 Å². The van der Waals surface area contributed by atoms with E-state index in [4.69, 9.17) is 0 Å². The van der Waals surface area contributed by atoms with Crippen LogP contribution in [-0.4, -0.2) is 22.6 Å². The predicted molar refractivity (Wildman–Crippen MR) is 70.3 cm³/mol. The van der Waals surface area contributed by atoms with Crippen molar-refractivity contribution >= 4 is 11.0 Å². The molecule has 1 fully saturated rings. The average molecular weight is 229 g/mol. The lowest BCUT2D eigenvalue weighted by Gasteiger charge is -2.06. The molecule has 2 N–H and O–H groups in total. The van der Waals surface area contributed by atoms with Gasteiger partial charge in [-0.25, -0.2) is 4.98 Å². The number of nitrogens with one attached hydrogen (secondary N) is 2. The van der Waals surface area contributed by atoms with Crippen molar-refractivity contribution in [1.82, 2.24) is 15.3 Å². The average Bonchev–Trinajstić information content (AvgIpc) is 2.89. The molecule has 90 valence electrons. The van der Waals surface area contributed by atoms with E-state index in [9.17, 15) is 0 Å². The summed E-state index contributed by atoms with van der Waals surface area (Å²) < 4.78 is 0. The second-order valence-corrected chi connectivity index (χ2v) is 5.13. The Kier molecular flexibility index (Phi) is 2.63. The van der Waals surface area contributed by atoms with Crippen molar-refractivity contribution in [3.05, 3.63) is 29.1 Å². The number of H-pyrrole nitrogens is 1. The minimum Gasteiger partial charge on any atom is -0.342 e. The summed E-state index contributed by atoms with van der Waals surface area (Å²) >= 11 is 0. The molecule has 1 aliphatic heterocycles. The van der Waals surface area contributed by atoms with Crippen LogP contribution in [0.1, 0.15) is 29.8 Å². The van der Waals surface area contributed by atoms with Gasteiger partial charge in [-0.1, -0.05) is 0 Å². The Hall–Kier alpha value is -1.35. The van der Waals surface area contributed by atoms with Crippen LogP contribution in [0.2, 0.25) is 0 Å². The van der Waals surface area contributed by atoms with E-state index in [0.717, 1.165) is 24.3 Å². The molecule has 0 spiro atoms. The summed E-state index contributed by atoms with van der Waals surface area (Å²) in [5.74, 6) is 1.12. The third kappa shape index (κ3) is 2.07. The molecule has 2 aromatic rings. The Bertz CT molecular complexity index is 497. The first-order chi connectivity index (χ1) is 8.22. The second kappa shape index (κ2) is 4.15. The molecule has 0 radical (unpaired) electrons. The molecule has 1 aromatic heterocycles. The number of aromatic nitrogens is 2. The summed E-state index contributed by atoms with van der Waals surface area (Å²) in [6.45, 7) is 5.44. The number of aromatic amines is 1. The van der Waals surface area contributed by atoms with Crippen LogP contribution >= 0.6 is 0 Å². The van der Waals surface area contributed by atoms with Crippen LogP contribution in [0.25, 0.3) is 11.0 Å². The van der Waals surface area contributed by atoms with Gasteiger partial charge in [0.25, 0.3) is 0 Å². The van der Waals surface area contributed by atoms with E-state index in [-0.39, 0.29) is 0 Å². The van der Waals surface area contributed by atoms with Gasteiger partial charge in [0.1, 0.15) is 5.82 Å². The van der Waals surface area contributed by atoms with Crippen molar-refractivity contribution in [2.24, 2.45) is 0 Å². The molecule has 0 saturated carbocycles. The number of fused-ring (bicyclic) bond motifs is 1. The Morgan fingerprint density at radius 3 is 2.88 bits per heavy atom. The molecule has 3 nitrogen and oxygen atoms in total. The normalized spacial score (nSPS) is 20.2. The van der Waals surface area contributed by atoms with Gasteiger partial charge in [-0.2, -0.15) is 0 Å². The zero-order valence-electron chi connectivity index (χ0n) is 10.5. The van der Waals surface area contributed by atoms with Crippen molar-refractivity contribution in [3.63, 3.8) is 0 Å². The maximum absolute atomic E-state index is 4.68. The van der Waals surface area contributed by atoms with Crippen LogP contribution in [0.3, 0.4) is 0 Å². The smallest absolute Gasteiger partial charge is 0.108 e. The Morgan fingerprint density at radius 2 is 2.12 bits per heavy atom. The van der Waals surface area contributed by atoms with E-state index in [1.54, 1.807) is 0 Å². The van der Waals surface area contributed by atoms with Gasteiger partial charge in [-0.05, 0) is 56.5 Å². The summed E-state index contributed by atoms with van der Waals surface area (Å²) in [7, 11) is 0. The summed E-state index contributed by atoms with van der Waals surface area (Å²) in [5.41, 5.74) is 4.91. The standard InChI is InChI=1S/C14H19N3/c1-9-6-12-13(7-10(9)2)17-14(16-12)8-11-4-3-5-15-11/h6-7,11,15H,3-5,8H2,1-2H3,(H,16,17). The first-order valence-electron chi connectivity index (χ1n) is 6.41. The molecule has 1 aromatic carbocycles. The number of imidazole rings is 1. The van der Waals surface area contributed by atoms with Crippen molar-refractivity contribution in [2.75, 3.05) is 6.54 Å². The zero-order chi connectivity index (χ0) is 11.8. The van der Waals surface area contributed by atoms with Gasteiger partial charge in [0.2, 0.25) is 0 Å². The molecule has 17 heavy (non-hydrogen) atoms. The minimum atomic E-state index is 0.609. The fourth-order valence-electron chi connectivity index (χ4n) is 2.58. The van der Waals surface area contributed by atoms with Crippen LogP contribution in [0.4, 0.5) is 0 Å². The molecule has 1 atom stereocenters. The topological polar surface area (TPSA) is 40.7 Å². The van der Waals surface area contributed by atoms with Gasteiger partial charge in [0, 0.05) is 12.5 Å². The molecule has 3 heteroatoms. The lowest BCUT2D eigenvalue weighted by atomic mass is 10.1. The number of hydrogen-bond donors (Lipinski definition) is 2. The Labute approximate surface area is 102 Å². The van der Waals surface area contributed by atoms with Crippen molar-refractivity contribution in [1.29, 1.82) is 0 Å². The van der Waals surface area contributed by atoms with Gasteiger partial charge in [0.05, 0.1) is 11.0 Å². The lowest BCUT2D eigenvalue weighted by molar-refractivity contribution is 0.589. The Morgan fingerprint density at radius 1 is 1.29 bits per heavy atom. The first-order valence-corrected chi connectivity index (χ1v) is 6.41. The van der Waals surface area contributed by atoms with E-state index in [1.807, 2.05) is 0 Å². The summed E-state index contributed by atoms with van der Waals surface area (Å²) in [6.07, 6.45) is 3.59. The minimum absolute atomic E-state index is 0.609. The first kappa shape index (κ1) is 10.8. The van der Waals surface area contributed by atoms with E-state index in [2.05, 4.69) is 41.3 Å². The third-order valence-electron chi connectivity index (χ3n) is 3.75. The Balaban J connectivity index is 1.90. The van der Waals surface area contributed by atoms with E-state index in [0.29, 0.717) is 6.04 Å². The highest BCUT2D eigenvalue weighted by Crippen LogP contribution is 2.18. The van der Waals surface area contributed by atoms with Gasteiger partial charge >= 0.3 is 0 Å². The molecular formula is C14H19N3. The third-order valence-corrected chi connectivity index (χ3v) is 3.75. The molecule has 1 saturated heterocycles. The molecule has 0 aliphatic carbocycles. The van der Waals surface area contributed by atoms with E-state index in [1.165, 1.54) is 29.5 Å². The SMILES string of the molecule is Cc1cc2nc(CC3CCCN3)[nH]c2cc1C. The molecule has 0 bridgehead atoms. The number of nitrogens with zero attached hydrogens (tertiary/aromatic N) is 1. The van der Waals surface area contributed by atoms with Gasteiger partial charge in [0.15, 0.2) is 0 Å². The van der Waals surface area contributed by atoms with Crippen LogP contribution in [-0.2, 0) is 6.42 Å². The number of aryl methyl sites for hydroxylation is 2. The number of rotatable bonds is 2. The molecule has 0 amide bonds. The maximum Gasteiger partial charge on any atom is 0.108 e. The van der Waals surface area contributed by atoms with E-state index >= 15 is 0 Å². The van der Waals surface area contributed by atoms with Crippen molar-refractivity contribution < 1.29 is 0 Å². The lowest BCUT2D eigenvalue weighted by Crippen LogP contribution is -2.24.